The van der Waals surface area contributed by atoms with E-state index in [0.717, 1.165) is 16.8 Å². The van der Waals surface area contributed by atoms with Crippen LogP contribution in [0.15, 0.2) is 30.3 Å². The number of rotatable bonds is 4. The highest BCUT2D eigenvalue weighted by atomic mass is 32.2. The Hall–Kier alpha value is -1.35. The van der Waals surface area contributed by atoms with E-state index in [-0.39, 0.29) is 5.78 Å². The molecular formula is C13H15NOS. The molecule has 0 aliphatic heterocycles. The fourth-order valence-corrected chi connectivity index (χ4v) is 1.89. The first-order valence-electron chi connectivity index (χ1n) is 4.93. The molecule has 2 nitrogen and oxygen atoms in total. The van der Waals surface area contributed by atoms with Crippen molar-refractivity contribution in [3.05, 3.63) is 47.1 Å². The second-order valence-corrected chi connectivity index (χ2v) is 4.13. The second-order valence-electron chi connectivity index (χ2n) is 3.43. The molecule has 0 saturated heterocycles. The van der Waals surface area contributed by atoms with Gasteiger partial charge in [0.1, 0.15) is 0 Å². The summed E-state index contributed by atoms with van der Waals surface area (Å²) in [5, 5.41) is 1.99. The lowest BCUT2D eigenvalue weighted by Gasteiger charge is -2.06. The summed E-state index contributed by atoms with van der Waals surface area (Å²) in [5.41, 5.74) is 3.36. The summed E-state index contributed by atoms with van der Waals surface area (Å²) < 4.78 is 0. The van der Waals surface area contributed by atoms with Gasteiger partial charge in [0, 0.05) is 23.0 Å². The molecule has 1 aromatic rings. The molecule has 0 saturated carbocycles. The van der Waals surface area contributed by atoms with Crippen LogP contribution in [-0.2, 0) is 0 Å². The van der Waals surface area contributed by atoms with Gasteiger partial charge in [-0.05, 0) is 37.2 Å². The van der Waals surface area contributed by atoms with Gasteiger partial charge in [0.25, 0.3) is 0 Å². The third-order valence-corrected chi connectivity index (χ3v) is 2.75. The molecule has 1 heterocycles. The topological polar surface area (TPSA) is 30.0 Å². The Morgan fingerprint density at radius 1 is 1.56 bits per heavy atom. The van der Waals surface area contributed by atoms with E-state index in [9.17, 15) is 4.79 Å². The zero-order valence-corrected chi connectivity index (χ0v) is 10.6. The Morgan fingerprint density at radius 2 is 2.25 bits per heavy atom. The maximum Gasteiger partial charge on any atom is 0.161 e. The average Bonchev–Trinajstić information content (AvgIpc) is 2.26. The van der Waals surface area contributed by atoms with Crippen molar-refractivity contribution >= 4 is 23.1 Å². The Labute approximate surface area is 100 Å². The third-order valence-electron chi connectivity index (χ3n) is 2.26. The van der Waals surface area contributed by atoms with Gasteiger partial charge in [0.2, 0.25) is 0 Å². The van der Waals surface area contributed by atoms with Gasteiger partial charge in [0.05, 0.1) is 0 Å². The number of aromatic nitrogens is 1. The number of ketones is 1. The van der Waals surface area contributed by atoms with E-state index < -0.39 is 0 Å². The summed E-state index contributed by atoms with van der Waals surface area (Å²) in [6.45, 7) is 7.15. The highest BCUT2D eigenvalue weighted by Gasteiger charge is 2.07. The van der Waals surface area contributed by atoms with Crippen LogP contribution in [0.2, 0.25) is 0 Å². The lowest BCUT2D eigenvalue weighted by molar-refractivity contribution is 0.101. The SMILES string of the molecule is C=C/C(=C\SC)c1cnc(C)c(C(C)=O)c1. The number of hydrogen-bond donors (Lipinski definition) is 0. The number of aryl methyl sites for hydroxylation is 1. The Morgan fingerprint density at radius 3 is 2.75 bits per heavy atom. The maximum atomic E-state index is 11.4. The number of nitrogens with zero attached hydrogens (tertiary/aromatic N) is 1. The molecular weight excluding hydrogens is 218 g/mol. The number of carbonyl (C=O) groups excluding carboxylic acids is 1. The van der Waals surface area contributed by atoms with Crippen molar-refractivity contribution in [2.24, 2.45) is 0 Å². The summed E-state index contributed by atoms with van der Waals surface area (Å²) in [4.78, 5) is 15.6. The van der Waals surface area contributed by atoms with E-state index in [2.05, 4.69) is 11.6 Å². The third kappa shape index (κ3) is 2.83. The largest absolute Gasteiger partial charge is 0.294 e. The fourth-order valence-electron chi connectivity index (χ4n) is 1.41. The number of allylic oxidation sites excluding steroid dienone is 2. The first-order chi connectivity index (χ1) is 7.60. The molecule has 0 aromatic carbocycles. The number of hydrogen-bond acceptors (Lipinski definition) is 3. The van der Waals surface area contributed by atoms with Crippen LogP contribution in [0, 0.1) is 6.92 Å². The Bertz CT molecular complexity index is 449. The lowest BCUT2D eigenvalue weighted by atomic mass is 10.0. The van der Waals surface area contributed by atoms with Crippen LogP contribution in [0.25, 0.3) is 5.57 Å². The molecule has 0 bridgehead atoms. The van der Waals surface area contributed by atoms with E-state index >= 15 is 0 Å². The van der Waals surface area contributed by atoms with Crippen molar-refractivity contribution in [2.75, 3.05) is 6.26 Å². The highest BCUT2D eigenvalue weighted by molar-refractivity contribution is 8.01. The molecule has 0 aliphatic carbocycles. The minimum absolute atomic E-state index is 0.0411. The van der Waals surface area contributed by atoms with Crippen molar-refractivity contribution < 1.29 is 4.79 Å². The standard InChI is InChI=1S/C13H15NOS/c1-5-11(8-16-4)12-6-13(10(3)15)9(2)14-7-12/h5-8H,1H2,2-4H3/b11-8+. The maximum absolute atomic E-state index is 11.4. The van der Waals surface area contributed by atoms with Crippen LogP contribution in [0.3, 0.4) is 0 Å². The first-order valence-corrected chi connectivity index (χ1v) is 6.22. The molecule has 0 radical (unpaired) electrons. The first kappa shape index (κ1) is 12.7. The molecule has 0 spiro atoms. The molecule has 84 valence electrons. The zero-order chi connectivity index (χ0) is 12.1. The Kier molecular flexibility index (Phi) is 4.50. The summed E-state index contributed by atoms with van der Waals surface area (Å²) >= 11 is 1.60. The summed E-state index contributed by atoms with van der Waals surface area (Å²) in [6.07, 6.45) is 5.52. The van der Waals surface area contributed by atoms with Gasteiger partial charge in [-0.25, -0.2) is 0 Å². The van der Waals surface area contributed by atoms with Crippen LogP contribution in [0.1, 0.15) is 28.5 Å². The van der Waals surface area contributed by atoms with Crippen LogP contribution in [-0.4, -0.2) is 17.0 Å². The predicted octanol–water partition coefficient (Wildman–Crippen LogP) is 3.48. The number of Topliss-reactive ketones (excluding diaryl/α,β-unsaturated/α-hetero) is 1. The van der Waals surface area contributed by atoms with Gasteiger partial charge in [-0.15, -0.1) is 11.8 Å². The van der Waals surface area contributed by atoms with Crippen LogP contribution in [0.5, 0.6) is 0 Å². The smallest absolute Gasteiger partial charge is 0.161 e. The van der Waals surface area contributed by atoms with Crippen molar-refractivity contribution in [2.45, 2.75) is 13.8 Å². The van der Waals surface area contributed by atoms with Crippen molar-refractivity contribution in [3.8, 4) is 0 Å². The second kappa shape index (κ2) is 5.66. The summed E-state index contributed by atoms with van der Waals surface area (Å²) in [5.74, 6) is 0.0411. The van der Waals surface area contributed by atoms with Crippen molar-refractivity contribution in [1.29, 1.82) is 0 Å². The zero-order valence-electron chi connectivity index (χ0n) is 9.78. The van der Waals surface area contributed by atoms with E-state index in [1.807, 2.05) is 24.7 Å². The molecule has 0 atom stereocenters. The molecule has 0 unspecified atom stereocenters. The van der Waals surface area contributed by atoms with E-state index in [1.54, 1.807) is 31.0 Å². The molecule has 0 fully saturated rings. The average molecular weight is 233 g/mol. The number of thioether (sulfide) groups is 1. The van der Waals surface area contributed by atoms with Gasteiger partial charge in [-0.3, -0.25) is 9.78 Å². The van der Waals surface area contributed by atoms with Crippen molar-refractivity contribution in [3.63, 3.8) is 0 Å². The minimum Gasteiger partial charge on any atom is -0.294 e. The monoisotopic (exact) mass is 233 g/mol. The number of carbonyl (C=O) groups is 1. The predicted molar refractivity (Wildman–Crippen MR) is 70.7 cm³/mol. The van der Waals surface area contributed by atoms with Crippen LogP contribution >= 0.6 is 11.8 Å². The minimum atomic E-state index is 0.0411. The molecule has 1 rings (SSSR count). The van der Waals surface area contributed by atoms with Gasteiger partial charge in [0.15, 0.2) is 5.78 Å². The van der Waals surface area contributed by atoms with E-state index in [4.69, 9.17) is 0 Å². The van der Waals surface area contributed by atoms with Crippen molar-refractivity contribution in [1.82, 2.24) is 4.98 Å². The lowest BCUT2D eigenvalue weighted by Crippen LogP contribution is -2.00. The molecule has 0 N–H and O–H groups in total. The van der Waals surface area contributed by atoms with Gasteiger partial charge in [-0.2, -0.15) is 0 Å². The molecule has 3 heteroatoms. The fraction of sp³-hybridized carbons (Fsp3) is 0.231. The van der Waals surface area contributed by atoms with E-state index in [0.29, 0.717) is 5.56 Å². The summed E-state index contributed by atoms with van der Waals surface area (Å²) in [7, 11) is 0. The highest BCUT2D eigenvalue weighted by Crippen LogP contribution is 2.20. The van der Waals surface area contributed by atoms with E-state index in [1.165, 1.54) is 0 Å². The van der Waals surface area contributed by atoms with Gasteiger partial charge < -0.3 is 0 Å². The molecule has 0 aliphatic rings. The molecule has 0 amide bonds. The van der Waals surface area contributed by atoms with Crippen LogP contribution in [0.4, 0.5) is 0 Å². The Balaban J connectivity index is 3.26. The molecule has 16 heavy (non-hydrogen) atoms. The van der Waals surface area contributed by atoms with Crippen LogP contribution < -0.4 is 0 Å². The van der Waals surface area contributed by atoms with Gasteiger partial charge in [-0.1, -0.05) is 12.7 Å². The number of pyridine rings is 1. The summed E-state index contributed by atoms with van der Waals surface area (Å²) in [6, 6.07) is 1.87. The molecule has 1 aromatic heterocycles. The normalized spacial score (nSPS) is 11.3. The quantitative estimate of drug-likeness (QED) is 0.589. The van der Waals surface area contributed by atoms with Gasteiger partial charge >= 0.3 is 0 Å².